The summed E-state index contributed by atoms with van der Waals surface area (Å²) >= 11 is 0. The van der Waals surface area contributed by atoms with Gasteiger partial charge >= 0.3 is 6.01 Å². The monoisotopic (exact) mass is 441 g/mol. The van der Waals surface area contributed by atoms with Crippen LogP contribution >= 0.6 is 0 Å². The second-order valence-electron chi connectivity index (χ2n) is 9.08. The Morgan fingerprint density at radius 2 is 2.00 bits per heavy atom. The topological polar surface area (TPSA) is 76.9 Å². The normalized spacial score (nSPS) is 25.2. The number of fused-ring (bicyclic) bond motifs is 1. The summed E-state index contributed by atoms with van der Waals surface area (Å²) in [5, 5.41) is 11.8. The minimum atomic E-state index is -0.989. The lowest BCUT2D eigenvalue weighted by Gasteiger charge is -2.31. The Bertz CT molecular complexity index is 922. The summed E-state index contributed by atoms with van der Waals surface area (Å²) in [5.41, 5.74) is 0.924. The molecule has 0 amide bonds. The number of benzene rings is 1. The minimum absolute atomic E-state index is 0.123. The van der Waals surface area contributed by atoms with Crippen LogP contribution in [0.5, 0.6) is 17.6 Å². The molecule has 2 aromatic rings. The van der Waals surface area contributed by atoms with Gasteiger partial charge in [-0.2, -0.15) is 4.98 Å². The van der Waals surface area contributed by atoms with Crippen LogP contribution in [0.1, 0.15) is 51.7 Å². The summed E-state index contributed by atoms with van der Waals surface area (Å²) in [7, 11) is 0. The Balaban J connectivity index is 1.51. The third-order valence-electron chi connectivity index (χ3n) is 6.46. The van der Waals surface area contributed by atoms with Gasteiger partial charge in [0.1, 0.15) is 11.4 Å². The Kier molecular flexibility index (Phi) is 6.86. The number of aliphatic hydroxyl groups is 1. The van der Waals surface area contributed by atoms with Crippen molar-refractivity contribution in [2.75, 3.05) is 26.3 Å². The minimum Gasteiger partial charge on any atom is -0.491 e. The number of hydrogen-bond acceptors (Lipinski definition) is 7. The fraction of sp³-hybridized carbons (Fsp3) is 0.600. The second-order valence-corrected chi connectivity index (χ2v) is 9.08. The Morgan fingerprint density at radius 1 is 1.19 bits per heavy atom. The lowest BCUT2D eigenvalue weighted by Crippen LogP contribution is -2.35. The van der Waals surface area contributed by atoms with Crippen molar-refractivity contribution in [1.82, 2.24) is 14.9 Å². The van der Waals surface area contributed by atoms with Crippen molar-refractivity contribution in [3.63, 3.8) is 0 Å². The number of likely N-dealkylation sites (tertiary alicyclic amines) is 1. The lowest BCUT2D eigenvalue weighted by molar-refractivity contribution is -0.0101. The highest BCUT2D eigenvalue weighted by molar-refractivity contribution is 5.34. The molecule has 2 fully saturated rings. The molecule has 1 aliphatic heterocycles. The van der Waals surface area contributed by atoms with E-state index in [0.717, 1.165) is 31.8 Å². The standard InChI is InChI=1S/C25H35N3O4/c1-5-30-23-21(13-26-24(27-23)31-6-2)25(29)11-10-19-15-28(16-22(19)25)14-18-8-7-9-20(12-18)32-17(3)4/h7-9,12-13,17,19,22,29H,5-6,10-11,14-16H2,1-4H3/t19-,22-,25+/m0/s1. The second kappa shape index (κ2) is 9.63. The van der Waals surface area contributed by atoms with Gasteiger partial charge in [0.2, 0.25) is 5.88 Å². The Morgan fingerprint density at radius 3 is 2.75 bits per heavy atom. The third kappa shape index (κ3) is 4.69. The molecule has 1 aromatic carbocycles. The van der Waals surface area contributed by atoms with E-state index in [1.165, 1.54) is 5.56 Å². The van der Waals surface area contributed by atoms with Gasteiger partial charge in [-0.15, -0.1) is 0 Å². The molecule has 1 saturated carbocycles. The van der Waals surface area contributed by atoms with Gasteiger partial charge in [0.15, 0.2) is 0 Å². The lowest BCUT2D eigenvalue weighted by atomic mass is 9.83. The van der Waals surface area contributed by atoms with Crippen molar-refractivity contribution in [3.05, 3.63) is 41.6 Å². The fourth-order valence-corrected chi connectivity index (χ4v) is 5.19. The number of nitrogens with zero attached hydrogens (tertiary/aromatic N) is 3. The zero-order chi connectivity index (χ0) is 22.7. The van der Waals surface area contributed by atoms with Crippen molar-refractivity contribution in [2.24, 2.45) is 11.8 Å². The van der Waals surface area contributed by atoms with Crippen LogP contribution in [0.25, 0.3) is 0 Å². The molecule has 174 valence electrons. The maximum atomic E-state index is 11.8. The van der Waals surface area contributed by atoms with E-state index < -0.39 is 5.60 Å². The van der Waals surface area contributed by atoms with E-state index in [-0.39, 0.29) is 18.0 Å². The maximum Gasteiger partial charge on any atom is 0.319 e. The van der Waals surface area contributed by atoms with Crippen LogP contribution in [-0.4, -0.2) is 52.4 Å². The van der Waals surface area contributed by atoms with E-state index in [0.29, 0.717) is 37.0 Å². The molecule has 0 spiro atoms. The van der Waals surface area contributed by atoms with Gasteiger partial charge in [0.05, 0.1) is 24.9 Å². The zero-order valence-corrected chi connectivity index (χ0v) is 19.6. The van der Waals surface area contributed by atoms with Crippen molar-refractivity contribution in [3.8, 4) is 17.6 Å². The Labute approximate surface area is 190 Å². The van der Waals surface area contributed by atoms with E-state index in [9.17, 15) is 5.11 Å². The molecular weight excluding hydrogens is 406 g/mol. The predicted octanol–water partition coefficient (Wildman–Crippen LogP) is 3.79. The summed E-state index contributed by atoms with van der Waals surface area (Å²) < 4.78 is 17.1. The molecule has 0 radical (unpaired) electrons. The highest BCUT2D eigenvalue weighted by atomic mass is 16.5. The SMILES string of the molecule is CCOc1ncc([C@]2(O)CC[C@H]3CN(Cc4cccc(OC(C)C)c4)C[C@@H]32)c(OCC)n1. The average Bonchev–Trinajstić information content (AvgIpc) is 3.28. The van der Waals surface area contributed by atoms with Crippen molar-refractivity contribution >= 4 is 0 Å². The molecule has 1 aromatic heterocycles. The van der Waals surface area contributed by atoms with E-state index in [2.05, 4.69) is 27.0 Å². The molecule has 0 bridgehead atoms. The first-order valence-corrected chi connectivity index (χ1v) is 11.8. The first-order chi connectivity index (χ1) is 15.4. The molecule has 2 heterocycles. The maximum absolute atomic E-state index is 11.8. The average molecular weight is 442 g/mol. The molecule has 32 heavy (non-hydrogen) atoms. The molecule has 2 aliphatic rings. The molecule has 1 saturated heterocycles. The van der Waals surface area contributed by atoms with Crippen molar-refractivity contribution in [2.45, 2.75) is 58.8 Å². The largest absolute Gasteiger partial charge is 0.491 e. The molecule has 7 nitrogen and oxygen atoms in total. The Hall–Kier alpha value is -2.38. The van der Waals surface area contributed by atoms with Gasteiger partial charge in [0.25, 0.3) is 0 Å². The smallest absolute Gasteiger partial charge is 0.319 e. The molecule has 4 rings (SSSR count). The van der Waals surface area contributed by atoms with E-state index >= 15 is 0 Å². The molecule has 7 heteroatoms. The highest BCUT2D eigenvalue weighted by Crippen LogP contribution is 2.52. The molecule has 1 N–H and O–H groups in total. The van der Waals surface area contributed by atoms with Gasteiger partial charge in [-0.05, 0) is 64.2 Å². The van der Waals surface area contributed by atoms with Crippen LogP contribution in [0.15, 0.2) is 30.5 Å². The summed E-state index contributed by atoms with van der Waals surface area (Å²) in [4.78, 5) is 11.2. The fourth-order valence-electron chi connectivity index (χ4n) is 5.19. The van der Waals surface area contributed by atoms with Crippen LogP contribution in [-0.2, 0) is 12.1 Å². The quantitative estimate of drug-likeness (QED) is 0.634. The van der Waals surface area contributed by atoms with Gasteiger partial charge in [-0.25, -0.2) is 4.98 Å². The van der Waals surface area contributed by atoms with Crippen LogP contribution in [0.4, 0.5) is 0 Å². The first-order valence-electron chi connectivity index (χ1n) is 11.8. The molecule has 1 aliphatic carbocycles. The van der Waals surface area contributed by atoms with Gasteiger partial charge < -0.3 is 19.3 Å². The summed E-state index contributed by atoms with van der Waals surface area (Å²) in [6.45, 7) is 11.5. The highest BCUT2D eigenvalue weighted by Gasteiger charge is 2.53. The molecule has 0 unspecified atom stereocenters. The molecular formula is C25H35N3O4. The van der Waals surface area contributed by atoms with E-state index in [1.54, 1.807) is 6.20 Å². The first kappa shape index (κ1) is 22.8. The van der Waals surface area contributed by atoms with Crippen LogP contribution in [0.2, 0.25) is 0 Å². The zero-order valence-electron chi connectivity index (χ0n) is 19.6. The van der Waals surface area contributed by atoms with Crippen molar-refractivity contribution < 1.29 is 19.3 Å². The van der Waals surface area contributed by atoms with Crippen LogP contribution < -0.4 is 14.2 Å². The number of aromatic nitrogens is 2. The summed E-state index contributed by atoms with van der Waals surface area (Å²) in [5.74, 6) is 1.90. The van der Waals surface area contributed by atoms with E-state index in [1.807, 2.05) is 39.8 Å². The van der Waals surface area contributed by atoms with Crippen LogP contribution in [0.3, 0.4) is 0 Å². The summed E-state index contributed by atoms with van der Waals surface area (Å²) in [6.07, 6.45) is 3.53. The van der Waals surface area contributed by atoms with Gasteiger partial charge in [-0.1, -0.05) is 12.1 Å². The number of rotatable bonds is 9. The molecule has 3 atom stereocenters. The third-order valence-corrected chi connectivity index (χ3v) is 6.46. The predicted molar refractivity (Wildman–Crippen MR) is 122 cm³/mol. The van der Waals surface area contributed by atoms with E-state index in [4.69, 9.17) is 14.2 Å². The number of ether oxygens (including phenoxy) is 3. The van der Waals surface area contributed by atoms with Crippen LogP contribution in [0, 0.1) is 11.8 Å². The van der Waals surface area contributed by atoms with Gasteiger partial charge in [0, 0.05) is 31.7 Å². The summed E-state index contributed by atoms with van der Waals surface area (Å²) in [6, 6.07) is 8.59. The number of hydrogen-bond donors (Lipinski definition) is 1. The van der Waals surface area contributed by atoms with Gasteiger partial charge in [-0.3, -0.25) is 4.90 Å². The van der Waals surface area contributed by atoms with Crippen molar-refractivity contribution in [1.29, 1.82) is 0 Å².